The van der Waals surface area contributed by atoms with Gasteiger partial charge in [-0.05, 0) is 47.9 Å². The van der Waals surface area contributed by atoms with Crippen LogP contribution in [0.4, 0.5) is 5.69 Å². The van der Waals surface area contributed by atoms with Crippen molar-refractivity contribution in [3.8, 4) is 17.2 Å². The monoisotopic (exact) mass is 358 g/mol. The minimum absolute atomic E-state index is 0.346. The number of methoxy groups -OCH3 is 2. The van der Waals surface area contributed by atoms with E-state index in [4.69, 9.17) is 14.2 Å². The number of nitrogens with zero attached hydrogens (tertiary/aromatic N) is 2. The summed E-state index contributed by atoms with van der Waals surface area (Å²) in [6.45, 7) is 2.50. The molecule has 1 aliphatic heterocycles. The van der Waals surface area contributed by atoms with E-state index < -0.39 is 10.7 Å². The third kappa shape index (κ3) is 3.71. The van der Waals surface area contributed by atoms with Crippen molar-refractivity contribution in [2.75, 3.05) is 20.8 Å². The summed E-state index contributed by atoms with van der Waals surface area (Å²) >= 11 is 0. The zero-order valence-electron chi connectivity index (χ0n) is 14.2. The third-order valence-electron chi connectivity index (χ3n) is 3.54. The van der Waals surface area contributed by atoms with Gasteiger partial charge in [-0.2, -0.15) is 4.36 Å². The van der Waals surface area contributed by atoms with E-state index in [0.717, 1.165) is 16.3 Å². The lowest BCUT2D eigenvalue weighted by atomic mass is 10.2. The van der Waals surface area contributed by atoms with E-state index in [-0.39, 0.29) is 5.91 Å². The molecule has 0 radical (unpaired) electrons. The van der Waals surface area contributed by atoms with Gasteiger partial charge in [-0.3, -0.25) is 4.79 Å². The number of amides is 1. The van der Waals surface area contributed by atoms with Crippen LogP contribution in [0.15, 0.2) is 50.6 Å². The number of hydrogen-bond donors (Lipinski definition) is 0. The van der Waals surface area contributed by atoms with Crippen molar-refractivity contribution in [2.45, 2.75) is 11.8 Å². The van der Waals surface area contributed by atoms with Crippen LogP contribution in [0.25, 0.3) is 0 Å². The molecule has 1 heterocycles. The molecule has 0 spiro atoms. The lowest BCUT2D eigenvalue weighted by Gasteiger charge is -2.07. The first-order valence-electron chi connectivity index (χ1n) is 7.68. The Kier molecular flexibility index (Phi) is 5.14. The lowest BCUT2D eigenvalue weighted by Crippen LogP contribution is -2.00. The van der Waals surface area contributed by atoms with E-state index in [0.29, 0.717) is 23.7 Å². The molecular weight excluding hydrogens is 340 g/mol. The summed E-state index contributed by atoms with van der Waals surface area (Å²) < 4.78 is 20.2. The molecule has 0 saturated carbocycles. The minimum Gasteiger partial charge on any atom is -0.497 e. The van der Waals surface area contributed by atoms with Crippen molar-refractivity contribution in [2.24, 2.45) is 9.36 Å². The van der Waals surface area contributed by atoms with Crippen LogP contribution >= 0.6 is 0 Å². The summed E-state index contributed by atoms with van der Waals surface area (Å²) in [5.74, 6) is 1.48. The molecule has 25 heavy (non-hydrogen) atoms. The molecule has 0 bridgehead atoms. The standard InChI is InChI=1S/C18H18N2O4S/c1-4-24-13-5-6-16-17(10-13)25(11-19-16)20-18(21)12-7-14(22-2)9-15(8-12)23-3/h5-11H,4H2,1-3H3. The van der Waals surface area contributed by atoms with Crippen molar-refractivity contribution >= 4 is 27.8 Å². The van der Waals surface area contributed by atoms with Gasteiger partial charge in [0.2, 0.25) is 0 Å². The fourth-order valence-corrected chi connectivity index (χ4v) is 3.66. The topological polar surface area (TPSA) is 69.5 Å². The molecule has 1 aliphatic rings. The summed E-state index contributed by atoms with van der Waals surface area (Å²) in [5, 5.41) is 0. The highest BCUT2D eigenvalue weighted by Gasteiger charge is 2.17. The van der Waals surface area contributed by atoms with Crippen molar-refractivity contribution in [3.63, 3.8) is 0 Å². The first-order valence-corrected chi connectivity index (χ1v) is 8.92. The summed E-state index contributed by atoms with van der Waals surface area (Å²) in [6, 6.07) is 10.6. The zero-order chi connectivity index (χ0) is 17.8. The highest BCUT2D eigenvalue weighted by molar-refractivity contribution is 8.01. The molecule has 0 N–H and O–H groups in total. The van der Waals surface area contributed by atoms with Gasteiger partial charge >= 0.3 is 0 Å². The maximum absolute atomic E-state index is 12.6. The minimum atomic E-state index is -0.742. The molecule has 1 amide bonds. The Morgan fingerprint density at radius 3 is 2.44 bits per heavy atom. The highest BCUT2D eigenvalue weighted by atomic mass is 32.2. The quantitative estimate of drug-likeness (QED) is 0.816. The number of carbonyl (C=O) groups excluding carboxylic acids is 1. The first-order chi connectivity index (χ1) is 12.1. The van der Waals surface area contributed by atoms with Gasteiger partial charge in [0.25, 0.3) is 5.91 Å². The van der Waals surface area contributed by atoms with E-state index in [1.54, 1.807) is 23.7 Å². The molecule has 2 aromatic carbocycles. The van der Waals surface area contributed by atoms with Crippen LogP contribution in [0.5, 0.6) is 17.2 Å². The van der Waals surface area contributed by atoms with E-state index >= 15 is 0 Å². The van der Waals surface area contributed by atoms with Crippen molar-refractivity contribution < 1.29 is 19.0 Å². The van der Waals surface area contributed by atoms with E-state index in [1.165, 1.54) is 14.2 Å². The van der Waals surface area contributed by atoms with Gasteiger partial charge in [0.1, 0.15) is 17.2 Å². The first kappa shape index (κ1) is 17.2. The molecule has 3 rings (SSSR count). The second kappa shape index (κ2) is 7.48. The van der Waals surface area contributed by atoms with Gasteiger partial charge in [0.05, 0.1) is 37.0 Å². The molecular formula is C18H18N2O4S. The number of benzene rings is 2. The van der Waals surface area contributed by atoms with Crippen LogP contribution in [-0.4, -0.2) is 32.3 Å². The molecule has 130 valence electrons. The summed E-state index contributed by atoms with van der Waals surface area (Å²) in [4.78, 5) is 17.8. The highest BCUT2D eigenvalue weighted by Crippen LogP contribution is 2.32. The number of rotatable bonds is 5. The number of ether oxygens (including phenoxy) is 3. The van der Waals surface area contributed by atoms with Crippen molar-refractivity contribution in [1.82, 2.24) is 0 Å². The molecule has 6 nitrogen and oxygen atoms in total. The smallest absolute Gasteiger partial charge is 0.283 e. The fourth-order valence-electron chi connectivity index (χ4n) is 2.33. The number of fused-ring (bicyclic) bond motifs is 1. The lowest BCUT2D eigenvalue weighted by molar-refractivity contribution is 0.100. The molecule has 0 saturated heterocycles. The molecule has 7 heteroatoms. The normalized spacial score (nSPS) is 15.1. The number of aliphatic imine (C=N–C) groups is 1. The van der Waals surface area contributed by atoms with Crippen molar-refractivity contribution in [3.05, 3.63) is 42.0 Å². The predicted molar refractivity (Wildman–Crippen MR) is 97.7 cm³/mol. The van der Waals surface area contributed by atoms with Crippen LogP contribution in [0, 0.1) is 0 Å². The Morgan fingerprint density at radius 1 is 1.08 bits per heavy atom. The Hall–Kier alpha value is -2.67. The van der Waals surface area contributed by atoms with E-state index in [2.05, 4.69) is 9.36 Å². The molecule has 1 unspecified atom stereocenters. The van der Waals surface area contributed by atoms with Crippen LogP contribution in [0.3, 0.4) is 0 Å². The van der Waals surface area contributed by atoms with Crippen LogP contribution in [-0.2, 0) is 10.7 Å². The second-order valence-corrected chi connectivity index (χ2v) is 6.57. The maximum Gasteiger partial charge on any atom is 0.283 e. The second-order valence-electron chi connectivity index (χ2n) is 5.11. The average molecular weight is 358 g/mol. The fraction of sp³-hybridized carbons (Fsp3) is 0.222. The maximum atomic E-state index is 12.6. The molecule has 2 aromatic rings. The largest absolute Gasteiger partial charge is 0.497 e. The molecule has 0 aliphatic carbocycles. The SMILES string of the molecule is CCOc1ccc2c(c1)S(=NC(=O)c1cc(OC)cc(OC)c1)C=N2. The molecule has 0 aromatic heterocycles. The van der Waals surface area contributed by atoms with Crippen LogP contribution in [0.1, 0.15) is 17.3 Å². The van der Waals surface area contributed by atoms with E-state index in [9.17, 15) is 4.79 Å². The summed E-state index contributed by atoms with van der Waals surface area (Å²) in [5.41, 5.74) is 2.91. The number of carbonyl (C=O) groups is 1. The Labute approximate surface area is 148 Å². The summed E-state index contributed by atoms with van der Waals surface area (Å²) in [6.07, 6.45) is 0. The van der Waals surface area contributed by atoms with Gasteiger partial charge in [-0.15, -0.1) is 0 Å². The van der Waals surface area contributed by atoms with Gasteiger partial charge in [0, 0.05) is 11.6 Å². The third-order valence-corrected chi connectivity index (χ3v) is 4.98. The van der Waals surface area contributed by atoms with Crippen LogP contribution in [0.2, 0.25) is 0 Å². The van der Waals surface area contributed by atoms with Crippen LogP contribution < -0.4 is 14.2 Å². The average Bonchev–Trinajstić information content (AvgIpc) is 3.03. The molecule has 0 fully saturated rings. The Balaban J connectivity index is 1.94. The summed E-state index contributed by atoms with van der Waals surface area (Å²) in [7, 11) is 2.34. The number of hydrogen-bond acceptors (Lipinski definition) is 5. The Morgan fingerprint density at radius 2 is 1.80 bits per heavy atom. The van der Waals surface area contributed by atoms with Gasteiger partial charge < -0.3 is 14.2 Å². The van der Waals surface area contributed by atoms with Gasteiger partial charge in [0.15, 0.2) is 0 Å². The predicted octanol–water partition coefficient (Wildman–Crippen LogP) is 3.78. The Bertz CT molecular complexity index is 855. The van der Waals surface area contributed by atoms with Gasteiger partial charge in [-0.1, -0.05) is 0 Å². The van der Waals surface area contributed by atoms with Gasteiger partial charge in [-0.25, -0.2) is 4.99 Å². The van der Waals surface area contributed by atoms with Crippen molar-refractivity contribution in [1.29, 1.82) is 0 Å². The molecule has 1 atom stereocenters. The zero-order valence-corrected chi connectivity index (χ0v) is 15.0. The van der Waals surface area contributed by atoms with E-state index in [1.807, 2.05) is 25.1 Å².